The molecule has 7 heteroatoms. The SMILES string of the molecule is O=C(c1ccc(-c2ncc(-c3ccccc3)o2)cc1)N1N=C2C(=Cc3ccc(Br)cc3)CCCC2C1c1ccc(Br)cc1. The van der Waals surface area contributed by atoms with E-state index in [1.807, 2.05) is 78.9 Å². The van der Waals surface area contributed by atoms with Gasteiger partial charge >= 0.3 is 0 Å². The molecule has 212 valence electrons. The lowest BCUT2D eigenvalue weighted by Crippen LogP contribution is -2.31. The summed E-state index contributed by atoms with van der Waals surface area (Å²) in [6.45, 7) is 0. The fraction of sp³-hybridized carbons (Fsp3) is 0.139. The highest BCUT2D eigenvalue weighted by atomic mass is 79.9. The molecule has 43 heavy (non-hydrogen) atoms. The van der Waals surface area contributed by atoms with Crippen LogP contribution in [0, 0.1) is 5.92 Å². The van der Waals surface area contributed by atoms with Crippen molar-refractivity contribution in [3.8, 4) is 22.8 Å². The van der Waals surface area contributed by atoms with Gasteiger partial charge in [0.1, 0.15) is 0 Å². The number of rotatable bonds is 5. The van der Waals surface area contributed by atoms with Gasteiger partial charge in [0.15, 0.2) is 5.76 Å². The van der Waals surface area contributed by atoms with Crippen molar-refractivity contribution in [1.29, 1.82) is 0 Å². The highest BCUT2D eigenvalue weighted by molar-refractivity contribution is 9.10. The number of benzene rings is 4. The number of nitrogens with zero attached hydrogens (tertiary/aromatic N) is 3. The molecule has 1 aliphatic heterocycles. The number of oxazole rings is 1. The Hall–Kier alpha value is -4.07. The second-order valence-corrected chi connectivity index (χ2v) is 12.7. The first kappa shape index (κ1) is 27.7. The summed E-state index contributed by atoms with van der Waals surface area (Å²) in [5.41, 5.74) is 6.77. The first-order chi connectivity index (χ1) is 21.0. The van der Waals surface area contributed by atoms with E-state index in [0.29, 0.717) is 17.2 Å². The third-order valence-electron chi connectivity index (χ3n) is 8.07. The molecule has 2 heterocycles. The minimum Gasteiger partial charge on any atom is -0.436 e. The molecule has 0 N–H and O–H groups in total. The Bertz CT molecular complexity index is 1830. The van der Waals surface area contributed by atoms with Crippen LogP contribution in [-0.4, -0.2) is 21.6 Å². The van der Waals surface area contributed by atoms with E-state index < -0.39 is 0 Å². The summed E-state index contributed by atoms with van der Waals surface area (Å²) >= 11 is 7.09. The molecule has 5 aromatic rings. The maximum Gasteiger partial charge on any atom is 0.274 e. The quantitative estimate of drug-likeness (QED) is 0.184. The molecular formula is C36H27Br2N3O2. The lowest BCUT2D eigenvalue weighted by molar-refractivity contribution is 0.0681. The number of halogens is 2. The van der Waals surface area contributed by atoms with Gasteiger partial charge in [-0.1, -0.05) is 86.5 Å². The molecule has 4 aromatic carbocycles. The van der Waals surface area contributed by atoms with Crippen molar-refractivity contribution < 1.29 is 9.21 Å². The van der Waals surface area contributed by atoms with Crippen molar-refractivity contribution in [3.05, 3.63) is 141 Å². The van der Waals surface area contributed by atoms with Gasteiger partial charge in [-0.25, -0.2) is 9.99 Å². The zero-order valence-corrected chi connectivity index (χ0v) is 26.3. The number of carbonyl (C=O) groups is 1. The van der Waals surface area contributed by atoms with E-state index in [0.717, 1.165) is 56.2 Å². The van der Waals surface area contributed by atoms with Crippen LogP contribution >= 0.6 is 31.9 Å². The Morgan fingerprint density at radius 1 is 0.837 bits per heavy atom. The van der Waals surface area contributed by atoms with E-state index >= 15 is 0 Å². The van der Waals surface area contributed by atoms with Gasteiger partial charge in [-0.15, -0.1) is 0 Å². The van der Waals surface area contributed by atoms with E-state index in [4.69, 9.17) is 9.52 Å². The zero-order chi connectivity index (χ0) is 29.3. The molecular weight excluding hydrogens is 666 g/mol. The van der Waals surface area contributed by atoms with Crippen molar-refractivity contribution in [2.75, 3.05) is 0 Å². The third kappa shape index (κ3) is 5.67. The third-order valence-corrected chi connectivity index (χ3v) is 9.13. The number of allylic oxidation sites excluding steroid dienone is 1. The van der Waals surface area contributed by atoms with Crippen LogP contribution in [-0.2, 0) is 0 Å². The van der Waals surface area contributed by atoms with Gasteiger partial charge in [-0.3, -0.25) is 4.79 Å². The number of fused-ring (bicyclic) bond motifs is 1. The minimum atomic E-state index is -0.177. The largest absolute Gasteiger partial charge is 0.436 e. The molecule has 1 aliphatic carbocycles. The summed E-state index contributed by atoms with van der Waals surface area (Å²) in [6, 6.07) is 33.7. The van der Waals surface area contributed by atoms with Crippen LogP contribution in [0.4, 0.5) is 0 Å². The molecule has 0 spiro atoms. The molecule has 2 atom stereocenters. The average Bonchev–Trinajstić information content (AvgIpc) is 3.69. The topological polar surface area (TPSA) is 58.7 Å². The fourth-order valence-electron chi connectivity index (χ4n) is 5.95. The maximum absolute atomic E-state index is 14.1. The molecule has 0 radical (unpaired) electrons. The molecule has 1 aromatic heterocycles. The fourth-order valence-corrected chi connectivity index (χ4v) is 6.48. The van der Waals surface area contributed by atoms with Gasteiger partial charge in [0.05, 0.1) is 18.0 Å². The lowest BCUT2D eigenvalue weighted by atomic mass is 9.77. The van der Waals surface area contributed by atoms with Gasteiger partial charge in [0, 0.05) is 31.6 Å². The summed E-state index contributed by atoms with van der Waals surface area (Å²) in [5.74, 6) is 1.22. The average molecular weight is 693 g/mol. The first-order valence-electron chi connectivity index (χ1n) is 14.3. The Balaban J connectivity index is 1.21. The number of carbonyl (C=O) groups excluding carboxylic acids is 1. The molecule has 1 saturated carbocycles. The highest BCUT2D eigenvalue weighted by Gasteiger charge is 2.44. The number of hydrogen-bond donors (Lipinski definition) is 0. The molecule has 1 amide bonds. The van der Waals surface area contributed by atoms with Gasteiger partial charge in [0.25, 0.3) is 5.91 Å². The van der Waals surface area contributed by atoms with E-state index in [1.165, 1.54) is 5.57 Å². The van der Waals surface area contributed by atoms with Crippen molar-refractivity contribution in [2.24, 2.45) is 11.0 Å². The van der Waals surface area contributed by atoms with Crippen molar-refractivity contribution >= 4 is 49.6 Å². The van der Waals surface area contributed by atoms with Crippen LogP contribution in [0.2, 0.25) is 0 Å². The van der Waals surface area contributed by atoms with Gasteiger partial charge in [-0.2, -0.15) is 5.10 Å². The second kappa shape index (κ2) is 11.9. The summed E-state index contributed by atoms with van der Waals surface area (Å²) in [5, 5.41) is 6.77. The first-order valence-corrected chi connectivity index (χ1v) is 15.9. The van der Waals surface area contributed by atoms with E-state index in [9.17, 15) is 4.79 Å². The predicted octanol–water partition coefficient (Wildman–Crippen LogP) is 9.97. The van der Waals surface area contributed by atoms with Crippen LogP contribution in [0.1, 0.15) is 46.8 Å². The summed E-state index contributed by atoms with van der Waals surface area (Å²) in [6.07, 6.45) is 6.92. The van der Waals surface area contributed by atoms with Crippen LogP contribution in [0.15, 0.2) is 133 Å². The maximum atomic E-state index is 14.1. The zero-order valence-electron chi connectivity index (χ0n) is 23.2. The lowest BCUT2D eigenvalue weighted by Gasteiger charge is -2.29. The number of amides is 1. The molecule has 7 rings (SSSR count). The van der Waals surface area contributed by atoms with Gasteiger partial charge in [0.2, 0.25) is 5.89 Å². The van der Waals surface area contributed by atoms with E-state index in [-0.39, 0.29) is 17.9 Å². The molecule has 2 aliphatic rings. The Kier molecular flexibility index (Phi) is 7.68. The number of aromatic nitrogens is 1. The Morgan fingerprint density at radius 3 is 2.26 bits per heavy atom. The normalized spacial score (nSPS) is 18.9. The van der Waals surface area contributed by atoms with Crippen LogP contribution in [0.3, 0.4) is 0 Å². The molecule has 5 nitrogen and oxygen atoms in total. The molecule has 0 bridgehead atoms. The molecule has 2 unspecified atom stereocenters. The Labute approximate surface area is 267 Å². The van der Waals surface area contributed by atoms with Gasteiger partial charge in [-0.05, 0) is 90.6 Å². The van der Waals surface area contributed by atoms with Crippen molar-refractivity contribution in [1.82, 2.24) is 9.99 Å². The minimum absolute atomic E-state index is 0.123. The number of hydrogen-bond acceptors (Lipinski definition) is 4. The standard InChI is InChI=1S/C36H27Br2N3O2/c37-29-17-9-23(10-18-29)21-28-7-4-8-31-33(28)40-41(34(31)25-15-19-30(38)20-16-25)36(42)27-13-11-26(12-14-27)35-39-22-32(43-35)24-5-2-1-3-6-24/h1-3,5-6,9-22,31,34H,4,7-8H2. The van der Waals surface area contributed by atoms with Crippen molar-refractivity contribution in [2.45, 2.75) is 25.3 Å². The van der Waals surface area contributed by atoms with Crippen LogP contribution < -0.4 is 0 Å². The monoisotopic (exact) mass is 691 g/mol. The number of hydrazone groups is 1. The van der Waals surface area contributed by atoms with Crippen LogP contribution in [0.5, 0.6) is 0 Å². The molecule has 1 fully saturated rings. The molecule has 0 saturated heterocycles. The summed E-state index contributed by atoms with van der Waals surface area (Å²) in [7, 11) is 0. The Morgan fingerprint density at radius 2 is 1.53 bits per heavy atom. The van der Waals surface area contributed by atoms with E-state index in [2.05, 4.69) is 67.2 Å². The summed E-state index contributed by atoms with van der Waals surface area (Å²) < 4.78 is 8.08. The summed E-state index contributed by atoms with van der Waals surface area (Å²) in [4.78, 5) is 18.6. The highest BCUT2D eigenvalue weighted by Crippen LogP contribution is 2.45. The smallest absolute Gasteiger partial charge is 0.274 e. The van der Waals surface area contributed by atoms with Gasteiger partial charge < -0.3 is 4.42 Å². The second-order valence-electron chi connectivity index (χ2n) is 10.8. The van der Waals surface area contributed by atoms with E-state index in [1.54, 1.807) is 11.2 Å². The predicted molar refractivity (Wildman–Crippen MR) is 177 cm³/mol. The van der Waals surface area contributed by atoms with Crippen LogP contribution in [0.25, 0.3) is 28.9 Å². The van der Waals surface area contributed by atoms with Crippen molar-refractivity contribution in [3.63, 3.8) is 0 Å².